The summed E-state index contributed by atoms with van der Waals surface area (Å²) in [6.45, 7) is 0.332. The highest BCUT2D eigenvalue weighted by Gasteiger charge is 2.30. The van der Waals surface area contributed by atoms with Gasteiger partial charge in [-0.3, -0.25) is 0 Å². The van der Waals surface area contributed by atoms with Crippen LogP contribution in [0.3, 0.4) is 0 Å². The van der Waals surface area contributed by atoms with Crippen LogP contribution >= 0.6 is 0 Å². The van der Waals surface area contributed by atoms with Gasteiger partial charge >= 0.3 is 0 Å². The third-order valence-electron chi connectivity index (χ3n) is 4.45. The van der Waals surface area contributed by atoms with Gasteiger partial charge in [0.2, 0.25) is 20.0 Å². The van der Waals surface area contributed by atoms with Gasteiger partial charge in [0.25, 0.3) is 0 Å². The van der Waals surface area contributed by atoms with Crippen LogP contribution in [-0.2, 0) is 33.0 Å². The Kier molecular flexibility index (Phi) is 5.17. The molecule has 0 saturated carbocycles. The van der Waals surface area contributed by atoms with Gasteiger partial charge in [-0.15, -0.1) is 0 Å². The number of rotatable bonds is 5. The molecule has 2 aromatic rings. The normalized spacial score (nSPS) is 15.2. The molecule has 8 nitrogen and oxygen atoms in total. The van der Waals surface area contributed by atoms with Crippen LogP contribution in [0, 0.1) is 0 Å². The van der Waals surface area contributed by atoms with Crippen LogP contribution in [0.5, 0.6) is 11.5 Å². The van der Waals surface area contributed by atoms with Crippen molar-refractivity contribution in [3.8, 4) is 11.5 Å². The van der Waals surface area contributed by atoms with Crippen LogP contribution in [0.4, 0.5) is 0 Å². The molecular formula is C17H20N2O6S2. The van der Waals surface area contributed by atoms with Crippen molar-refractivity contribution in [3.63, 3.8) is 0 Å². The molecule has 1 aliphatic rings. The lowest BCUT2D eigenvalue weighted by Crippen LogP contribution is -2.36. The predicted octanol–water partition coefficient (Wildman–Crippen LogP) is 1.10. The van der Waals surface area contributed by atoms with Crippen LogP contribution in [-0.4, -0.2) is 41.9 Å². The summed E-state index contributed by atoms with van der Waals surface area (Å²) in [6, 6.07) is 9.25. The van der Waals surface area contributed by atoms with Crippen molar-refractivity contribution in [2.75, 3.05) is 20.8 Å². The van der Waals surface area contributed by atoms with E-state index in [9.17, 15) is 16.8 Å². The van der Waals surface area contributed by atoms with Crippen LogP contribution in [0.25, 0.3) is 0 Å². The number of ether oxygens (including phenoxy) is 2. The quantitative estimate of drug-likeness (QED) is 0.786. The predicted molar refractivity (Wildman–Crippen MR) is 98.7 cm³/mol. The Hall–Kier alpha value is -2.14. The maximum Gasteiger partial charge on any atom is 0.243 e. The number of nitrogens with zero attached hydrogens (tertiary/aromatic N) is 1. The Morgan fingerprint density at radius 3 is 2.37 bits per heavy atom. The molecule has 0 saturated heterocycles. The monoisotopic (exact) mass is 412 g/mol. The summed E-state index contributed by atoms with van der Waals surface area (Å²) in [5.74, 6) is 0.546. The molecule has 2 N–H and O–H groups in total. The molecule has 3 rings (SSSR count). The maximum absolute atomic E-state index is 13.0. The molecule has 146 valence electrons. The first-order chi connectivity index (χ1) is 12.7. The molecule has 10 heteroatoms. The second-order valence-corrected chi connectivity index (χ2v) is 9.55. The van der Waals surface area contributed by atoms with Gasteiger partial charge in [0.15, 0.2) is 0 Å². The first-order valence-corrected chi connectivity index (χ1v) is 11.0. The summed E-state index contributed by atoms with van der Waals surface area (Å²) in [6.07, 6.45) is 0.366. The van der Waals surface area contributed by atoms with Gasteiger partial charge in [0.1, 0.15) is 16.4 Å². The summed E-state index contributed by atoms with van der Waals surface area (Å²) in [4.78, 5) is 0.0336. The first kappa shape index (κ1) is 19.6. The summed E-state index contributed by atoms with van der Waals surface area (Å²) in [5.41, 5.74) is 1.41. The van der Waals surface area contributed by atoms with E-state index in [1.807, 2.05) is 0 Å². The fraction of sp³-hybridized carbons (Fsp3) is 0.294. The van der Waals surface area contributed by atoms with Crippen molar-refractivity contribution in [2.45, 2.75) is 22.8 Å². The Balaban J connectivity index is 1.98. The number of hydrogen-bond acceptors (Lipinski definition) is 6. The molecule has 0 fully saturated rings. The van der Waals surface area contributed by atoms with Gasteiger partial charge in [-0.1, -0.05) is 6.07 Å². The Bertz CT molecular complexity index is 1080. The van der Waals surface area contributed by atoms with Crippen molar-refractivity contribution in [2.24, 2.45) is 5.14 Å². The number of fused-ring (bicyclic) bond motifs is 1. The van der Waals surface area contributed by atoms with Crippen molar-refractivity contribution in [1.29, 1.82) is 0 Å². The number of methoxy groups -OCH3 is 2. The molecule has 2 aromatic carbocycles. The van der Waals surface area contributed by atoms with Crippen molar-refractivity contribution in [1.82, 2.24) is 4.31 Å². The smallest absolute Gasteiger partial charge is 0.243 e. The molecule has 0 unspecified atom stereocenters. The summed E-state index contributed by atoms with van der Waals surface area (Å²) < 4.78 is 61.0. The minimum absolute atomic E-state index is 0.0943. The van der Waals surface area contributed by atoms with Crippen LogP contribution in [0.1, 0.15) is 11.1 Å². The van der Waals surface area contributed by atoms with Gasteiger partial charge in [-0.05, 0) is 41.8 Å². The van der Waals surface area contributed by atoms with E-state index < -0.39 is 20.0 Å². The van der Waals surface area contributed by atoms with Gasteiger partial charge in [-0.2, -0.15) is 4.31 Å². The lowest BCUT2D eigenvalue weighted by Gasteiger charge is -2.29. The zero-order valence-electron chi connectivity index (χ0n) is 14.9. The van der Waals surface area contributed by atoms with E-state index in [-0.39, 0.29) is 28.6 Å². The maximum atomic E-state index is 13.0. The number of nitrogens with two attached hydrogens (primary N) is 1. The van der Waals surface area contributed by atoms with E-state index >= 15 is 0 Å². The van der Waals surface area contributed by atoms with Crippen LogP contribution in [0.15, 0.2) is 46.2 Å². The molecule has 0 aromatic heterocycles. The number of primary sulfonamides is 1. The van der Waals surface area contributed by atoms with E-state index in [1.165, 1.54) is 42.8 Å². The molecule has 0 atom stereocenters. The molecule has 0 amide bonds. The molecule has 0 radical (unpaired) electrons. The fourth-order valence-corrected chi connectivity index (χ4v) is 5.22. The highest BCUT2D eigenvalue weighted by atomic mass is 32.2. The van der Waals surface area contributed by atoms with Crippen LogP contribution < -0.4 is 14.6 Å². The van der Waals surface area contributed by atoms with Gasteiger partial charge in [0, 0.05) is 19.2 Å². The zero-order valence-corrected chi connectivity index (χ0v) is 16.5. The zero-order chi connectivity index (χ0) is 19.8. The second kappa shape index (κ2) is 7.12. The van der Waals surface area contributed by atoms with Gasteiger partial charge < -0.3 is 9.47 Å². The topological polar surface area (TPSA) is 116 Å². The highest BCUT2D eigenvalue weighted by Crippen LogP contribution is 2.32. The lowest BCUT2D eigenvalue weighted by atomic mass is 10.0. The Labute approximate surface area is 158 Å². The van der Waals surface area contributed by atoms with Crippen molar-refractivity contribution in [3.05, 3.63) is 47.5 Å². The molecular weight excluding hydrogens is 392 g/mol. The number of benzene rings is 2. The summed E-state index contributed by atoms with van der Waals surface area (Å²) >= 11 is 0. The largest absolute Gasteiger partial charge is 0.497 e. The molecule has 1 heterocycles. The van der Waals surface area contributed by atoms with Crippen LogP contribution in [0.2, 0.25) is 0 Å². The standard InChI is InChI=1S/C17H20N2O6S2/c1-24-14-4-3-5-15(10-14)27(22,23)19-7-6-12-9-17(26(18,20)21)16(25-2)8-13(12)11-19/h3-5,8-10H,6-7,11H2,1-2H3,(H2,18,20,21). The molecule has 0 aliphatic carbocycles. The van der Waals surface area contributed by atoms with Gasteiger partial charge in [0.05, 0.1) is 19.1 Å². The molecule has 0 bridgehead atoms. The fourth-order valence-electron chi connectivity index (χ4n) is 3.04. The van der Waals surface area contributed by atoms with E-state index in [2.05, 4.69) is 0 Å². The van der Waals surface area contributed by atoms with E-state index in [0.717, 1.165) is 5.56 Å². The first-order valence-electron chi connectivity index (χ1n) is 8.03. The second-order valence-electron chi connectivity index (χ2n) is 6.08. The minimum atomic E-state index is -3.94. The number of sulfonamides is 2. The van der Waals surface area contributed by atoms with Crippen molar-refractivity contribution < 1.29 is 26.3 Å². The molecule has 1 aliphatic heterocycles. The summed E-state index contributed by atoms with van der Waals surface area (Å²) in [7, 11) is -4.86. The third kappa shape index (κ3) is 3.79. The Morgan fingerprint density at radius 1 is 1.00 bits per heavy atom. The average molecular weight is 412 g/mol. The average Bonchev–Trinajstić information content (AvgIpc) is 2.65. The minimum Gasteiger partial charge on any atom is -0.497 e. The SMILES string of the molecule is COc1cccc(S(=O)(=O)N2CCc3cc(S(N)(=O)=O)c(OC)cc3C2)c1. The van der Waals surface area contributed by atoms with E-state index in [0.29, 0.717) is 17.7 Å². The summed E-state index contributed by atoms with van der Waals surface area (Å²) in [5, 5.41) is 5.24. The van der Waals surface area contributed by atoms with Gasteiger partial charge in [-0.25, -0.2) is 22.0 Å². The number of hydrogen-bond donors (Lipinski definition) is 1. The van der Waals surface area contributed by atoms with Crippen molar-refractivity contribution >= 4 is 20.0 Å². The highest BCUT2D eigenvalue weighted by molar-refractivity contribution is 7.89. The van der Waals surface area contributed by atoms with E-state index in [4.69, 9.17) is 14.6 Å². The third-order valence-corrected chi connectivity index (χ3v) is 7.22. The van der Waals surface area contributed by atoms with E-state index in [1.54, 1.807) is 12.1 Å². The molecule has 27 heavy (non-hydrogen) atoms. The Morgan fingerprint density at radius 2 is 1.74 bits per heavy atom. The lowest BCUT2D eigenvalue weighted by molar-refractivity contribution is 0.379. The molecule has 0 spiro atoms.